The summed E-state index contributed by atoms with van der Waals surface area (Å²) in [6.45, 7) is 1.12. The van der Waals surface area contributed by atoms with Gasteiger partial charge in [-0.05, 0) is 48.5 Å². The predicted octanol–water partition coefficient (Wildman–Crippen LogP) is 4.66. The van der Waals surface area contributed by atoms with Crippen molar-refractivity contribution in [3.8, 4) is 5.75 Å². The van der Waals surface area contributed by atoms with E-state index < -0.39 is 0 Å². The number of ether oxygens (including phenoxy) is 2. The number of nitrogens with one attached hydrogen (secondary N) is 1. The predicted molar refractivity (Wildman–Crippen MR) is 93.8 cm³/mol. The number of pyridine rings is 1. The van der Waals surface area contributed by atoms with Gasteiger partial charge in [0.2, 0.25) is 0 Å². The van der Waals surface area contributed by atoms with Gasteiger partial charge in [-0.25, -0.2) is 0 Å². The van der Waals surface area contributed by atoms with E-state index in [0.717, 1.165) is 28.0 Å². The molecule has 5 heteroatoms. The number of anilines is 2. The number of nitrogens with zero attached hydrogens (tertiary/aromatic N) is 1. The molecule has 0 amide bonds. The van der Waals surface area contributed by atoms with Gasteiger partial charge in [0.1, 0.15) is 12.4 Å². The van der Waals surface area contributed by atoms with Gasteiger partial charge < -0.3 is 14.8 Å². The standard InChI is InChI=1S/C18H17ClN2O2/c1-22-10-11-23-15-5-3-14(4-6-15)21-17-8-9-20-18-12-13(19)2-7-16(17)18/h2-9,12H,10-11H2,1H3,(H,20,21). The van der Waals surface area contributed by atoms with Crippen molar-refractivity contribution < 1.29 is 9.47 Å². The zero-order valence-electron chi connectivity index (χ0n) is 12.8. The van der Waals surface area contributed by atoms with Crippen molar-refractivity contribution in [2.75, 3.05) is 25.6 Å². The molecule has 1 N–H and O–H groups in total. The fourth-order valence-electron chi connectivity index (χ4n) is 2.26. The van der Waals surface area contributed by atoms with Gasteiger partial charge >= 0.3 is 0 Å². The summed E-state index contributed by atoms with van der Waals surface area (Å²) in [5, 5.41) is 5.10. The molecule has 0 saturated heterocycles. The lowest BCUT2D eigenvalue weighted by molar-refractivity contribution is 0.146. The highest BCUT2D eigenvalue weighted by atomic mass is 35.5. The highest BCUT2D eigenvalue weighted by Gasteiger charge is 2.03. The maximum absolute atomic E-state index is 6.02. The van der Waals surface area contributed by atoms with Gasteiger partial charge in [0.05, 0.1) is 12.1 Å². The van der Waals surface area contributed by atoms with Crippen LogP contribution in [0.5, 0.6) is 5.75 Å². The average molecular weight is 329 g/mol. The third kappa shape index (κ3) is 3.92. The van der Waals surface area contributed by atoms with Crippen molar-refractivity contribution in [2.24, 2.45) is 0 Å². The van der Waals surface area contributed by atoms with E-state index in [1.807, 2.05) is 48.5 Å². The molecule has 118 valence electrons. The van der Waals surface area contributed by atoms with Crippen LogP contribution in [0.25, 0.3) is 10.9 Å². The largest absolute Gasteiger partial charge is 0.491 e. The summed E-state index contributed by atoms with van der Waals surface area (Å²) in [6, 6.07) is 15.4. The molecule has 0 radical (unpaired) electrons. The fraction of sp³-hybridized carbons (Fsp3) is 0.167. The Balaban J connectivity index is 1.77. The molecule has 0 spiro atoms. The number of halogens is 1. The van der Waals surface area contributed by atoms with Gasteiger partial charge in [0.25, 0.3) is 0 Å². The molecule has 4 nitrogen and oxygen atoms in total. The molecule has 2 aromatic carbocycles. The van der Waals surface area contributed by atoms with Crippen LogP contribution >= 0.6 is 11.6 Å². The highest BCUT2D eigenvalue weighted by Crippen LogP contribution is 2.27. The number of methoxy groups -OCH3 is 1. The second-order valence-corrected chi connectivity index (χ2v) is 5.45. The quantitative estimate of drug-likeness (QED) is 0.668. The number of rotatable bonds is 6. The second kappa shape index (κ2) is 7.31. The summed E-state index contributed by atoms with van der Waals surface area (Å²) < 4.78 is 10.5. The van der Waals surface area contributed by atoms with Gasteiger partial charge in [-0.2, -0.15) is 0 Å². The number of hydrogen-bond acceptors (Lipinski definition) is 4. The van der Waals surface area contributed by atoms with Crippen molar-refractivity contribution in [1.29, 1.82) is 0 Å². The Morgan fingerprint density at radius 2 is 1.87 bits per heavy atom. The van der Waals surface area contributed by atoms with Crippen LogP contribution in [-0.2, 0) is 4.74 Å². The third-order valence-electron chi connectivity index (χ3n) is 3.39. The van der Waals surface area contributed by atoms with E-state index >= 15 is 0 Å². The Bertz CT molecular complexity index is 791. The van der Waals surface area contributed by atoms with Crippen molar-refractivity contribution in [2.45, 2.75) is 0 Å². The molecule has 0 aliphatic rings. The van der Waals surface area contributed by atoms with E-state index in [0.29, 0.717) is 18.2 Å². The van der Waals surface area contributed by atoms with Crippen LogP contribution in [0.4, 0.5) is 11.4 Å². The maximum atomic E-state index is 6.02. The summed E-state index contributed by atoms with van der Waals surface area (Å²) >= 11 is 6.02. The Morgan fingerprint density at radius 3 is 2.65 bits per heavy atom. The topological polar surface area (TPSA) is 43.4 Å². The molecule has 0 fully saturated rings. The normalized spacial score (nSPS) is 10.7. The van der Waals surface area contributed by atoms with Crippen molar-refractivity contribution in [3.05, 3.63) is 59.8 Å². The SMILES string of the molecule is COCCOc1ccc(Nc2ccnc3cc(Cl)ccc23)cc1. The van der Waals surface area contributed by atoms with E-state index in [9.17, 15) is 0 Å². The molecule has 0 saturated carbocycles. The maximum Gasteiger partial charge on any atom is 0.119 e. The van der Waals surface area contributed by atoms with Crippen molar-refractivity contribution >= 4 is 33.9 Å². The van der Waals surface area contributed by atoms with E-state index in [4.69, 9.17) is 21.1 Å². The smallest absolute Gasteiger partial charge is 0.119 e. The molecule has 0 aliphatic carbocycles. The van der Waals surface area contributed by atoms with Crippen LogP contribution in [0.15, 0.2) is 54.7 Å². The van der Waals surface area contributed by atoms with Crippen LogP contribution in [0.3, 0.4) is 0 Å². The van der Waals surface area contributed by atoms with E-state index in [1.54, 1.807) is 13.3 Å². The first-order valence-corrected chi connectivity index (χ1v) is 7.67. The van der Waals surface area contributed by atoms with E-state index in [1.165, 1.54) is 0 Å². The molecule has 23 heavy (non-hydrogen) atoms. The second-order valence-electron chi connectivity index (χ2n) is 5.01. The fourth-order valence-corrected chi connectivity index (χ4v) is 2.43. The molecule has 3 rings (SSSR count). The van der Waals surface area contributed by atoms with E-state index in [-0.39, 0.29) is 0 Å². The van der Waals surface area contributed by atoms with E-state index in [2.05, 4.69) is 10.3 Å². The highest BCUT2D eigenvalue weighted by molar-refractivity contribution is 6.31. The molecular weight excluding hydrogens is 312 g/mol. The molecule has 0 unspecified atom stereocenters. The van der Waals surface area contributed by atoms with Gasteiger partial charge in [-0.15, -0.1) is 0 Å². The molecule has 3 aromatic rings. The number of hydrogen-bond donors (Lipinski definition) is 1. The van der Waals surface area contributed by atoms with Crippen LogP contribution in [0, 0.1) is 0 Å². The number of benzene rings is 2. The Morgan fingerprint density at radius 1 is 1.04 bits per heavy atom. The molecule has 0 atom stereocenters. The molecule has 1 heterocycles. The first-order valence-electron chi connectivity index (χ1n) is 7.29. The molecule has 1 aromatic heterocycles. The molecule has 0 aliphatic heterocycles. The minimum atomic E-state index is 0.541. The summed E-state index contributed by atoms with van der Waals surface area (Å²) in [7, 11) is 1.66. The minimum Gasteiger partial charge on any atom is -0.491 e. The Labute approximate surface area is 140 Å². The average Bonchev–Trinajstić information content (AvgIpc) is 2.56. The van der Waals surface area contributed by atoms with Crippen LogP contribution in [0.2, 0.25) is 5.02 Å². The summed E-state index contributed by atoms with van der Waals surface area (Å²) in [5.41, 5.74) is 2.83. The van der Waals surface area contributed by atoms with Crippen LogP contribution in [-0.4, -0.2) is 25.3 Å². The van der Waals surface area contributed by atoms with Crippen molar-refractivity contribution in [3.63, 3.8) is 0 Å². The van der Waals surface area contributed by atoms with Gasteiger partial charge in [0, 0.05) is 35.1 Å². The Hall–Kier alpha value is -2.30. The summed E-state index contributed by atoms with van der Waals surface area (Å²) in [6.07, 6.45) is 1.77. The van der Waals surface area contributed by atoms with Gasteiger partial charge in [-0.3, -0.25) is 4.98 Å². The minimum absolute atomic E-state index is 0.541. The lowest BCUT2D eigenvalue weighted by atomic mass is 10.2. The molecular formula is C18H17ClN2O2. The Kier molecular flexibility index (Phi) is 4.95. The monoisotopic (exact) mass is 328 g/mol. The third-order valence-corrected chi connectivity index (χ3v) is 3.63. The van der Waals surface area contributed by atoms with Gasteiger partial charge in [0.15, 0.2) is 0 Å². The first-order chi connectivity index (χ1) is 11.3. The van der Waals surface area contributed by atoms with Gasteiger partial charge in [-0.1, -0.05) is 11.6 Å². The lowest BCUT2D eigenvalue weighted by Gasteiger charge is -2.11. The van der Waals surface area contributed by atoms with Crippen molar-refractivity contribution in [1.82, 2.24) is 4.98 Å². The number of aromatic nitrogens is 1. The number of fused-ring (bicyclic) bond motifs is 1. The van der Waals surface area contributed by atoms with Crippen LogP contribution < -0.4 is 10.1 Å². The zero-order valence-corrected chi connectivity index (χ0v) is 13.5. The lowest BCUT2D eigenvalue weighted by Crippen LogP contribution is -2.04. The van der Waals surface area contributed by atoms with Crippen LogP contribution in [0.1, 0.15) is 0 Å². The molecule has 0 bridgehead atoms. The summed E-state index contributed by atoms with van der Waals surface area (Å²) in [4.78, 5) is 4.34. The first kappa shape index (κ1) is 15.6. The zero-order chi connectivity index (χ0) is 16.1. The summed E-state index contributed by atoms with van der Waals surface area (Å²) in [5.74, 6) is 0.818.